The largest absolute Gasteiger partial charge is 0.467 e. The molecule has 1 atom stereocenters. The minimum Gasteiger partial charge on any atom is -0.467 e. The van der Waals surface area contributed by atoms with E-state index in [2.05, 4.69) is 10.6 Å². The molecule has 2 aromatic rings. The van der Waals surface area contributed by atoms with Gasteiger partial charge in [-0.25, -0.2) is 4.79 Å². The summed E-state index contributed by atoms with van der Waals surface area (Å²) in [6.45, 7) is 0.344. The van der Waals surface area contributed by atoms with Gasteiger partial charge in [-0.1, -0.05) is 41.9 Å². The lowest BCUT2D eigenvalue weighted by Gasteiger charge is -2.16. The van der Waals surface area contributed by atoms with Crippen LogP contribution in [-0.2, 0) is 20.7 Å². The summed E-state index contributed by atoms with van der Waals surface area (Å²) in [7, 11) is 1.29. The van der Waals surface area contributed by atoms with Gasteiger partial charge >= 0.3 is 5.97 Å². The molecule has 2 amide bonds. The number of nitrogens with one attached hydrogen (secondary N) is 2. The molecule has 0 saturated heterocycles. The van der Waals surface area contributed by atoms with Crippen LogP contribution in [0.3, 0.4) is 0 Å². The van der Waals surface area contributed by atoms with E-state index < -0.39 is 12.0 Å². The monoisotopic (exact) mass is 402 g/mol. The van der Waals surface area contributed by atoms with Gasteiger partial charge in [0.15, 0.2) is 0 Å². The number of esters is 1. The van der Waals surface area contributed by atoms with Crippen molar-refractivity contribution in [3.8, 4) is 0 Å². The molecule has 6 nitrogen and oxygen atoms in total. The fourth-order valence-electron chi connectivity index (χ4n) is 2.61. The second-order valence-corrected chi connectivity index (χ2v) is 6.64. The number of rotatable bonds is 9. The number of hydrogen-bond acceptors (Lipinski definition) is 4. The van der Waals surface area contributed by atoms with E-state index in [9.17, 15) is 14.4 Å². The highest BCUT2D eigenvalue weighted by Crippen LogP contribution is 2.09. The maximum atomic E-state index is 12.2. The molecule has 0 aromatic heterocycles. The zero-order valence-electron chi connectivity index (χ0n) is 15.6. The molecule has 0 fully saturated rings. The van der Waals surface area contributed by atoms with E-state index in [0.29, 0.717) is 30.0 Å². The molecule has 2 N–H and O–H groups in total. The minimum atomic E-state index is -0.747. The fraction of sp³-hybridized carbons (Fsp3) is 0.286. The molecule has 0 bridgehead atoms. The summed E-state index contributed by atoms with van der Waals surface area (Å²) in [5.74, 6) is -0.992. The summed E-state index contributed by atoms with van der Waals surface area (Å²) >= 11 is 5.79. The lowest BCUT2D eigenvalue weighted by Crippen LogP contribution is -2.43. The van der Waals surface area contributed by atoms with Crippen molar-refractivity contribution in [2.24, 2.45) is 0 Å². The topological polar surface area (TPSA) is 84.5 Å². The van der Waals surface area contributed by atoms with E-state index in [-0.39, 0.29) is 18.2 Å². The Labute approximate surface area is 169 Å². The van der Waals surface area contributed by atoms with Crippen LogP contribution < -0.4 is 10.6 Å². The average molecular weight is 403 g/mol. The maximum absolute atomic E-state index is 12.2. The van der Waals surface area contributed by atoms with Crippen molar-refractivity contribution in [2.45, 2.75) is 25.3 Å². The standard InChI is InChI=1S/C21H23ClN2O4/c1-28-21(27)18(14-15-6-3-2-4-7-15)24-19(25)8-5-13-23-20(26)16-9-11-17(22)12-10-16/h2-4,6-7,9-12,18H,5,8,13-14H2,1H3,(H,23,26)(H,24,25)/t18-/m0/s1. The third-order valence-corrected chi connectivity index (χ3v) is 4.33. The van der Waals surface area contributed by atoms with Gasteiger partial charge in [-0.2, -0.15) is 0 Å². The van der Waals surface area contributed by atoms with Crippen LogP contribution in [0, 0.1) is 0 Å². The average Bonchev–Trinajstić information content (AvgIpc) is 2.71. The number of amides is 2. The Bertz CT molecular complexity index is 794. The summed E-state index contributed by atoms with van der Waals surface area (Å²) < 4.78 is 4.78. The van der Waals surface area contributed by atoms with Crippen LogP contribution in [-0.4, -0.2) is 37.5 Å². The molecule has 148 valence electrons. The second-order valence-electron chi connectivity index (χ2n) is 6.20. The van der Waals surface area contributed by atoms with E-state index in [0.717, 1.165) is 5.56 Å². The number of carbonyl (C=O) groups excluding carboxylic acids is 3. The first-order valence-electron chi connectivity index (χ1n) is 8.94. The van der Waals surface area contributed by atoms with Crippen LogP contribution in [0.2, 0.25) is 5.02 Å². The third-order valence-electron chi connectivity index (χ3n) is 4.08. The normalized spacial score (nSPS) is 11.4. The highest BCUT2D eigenvalue weighted by molar-refractivity contribution is 6.30. The molecule has 0 saturated carbocycles. The van der Waals surface area contributed by atoms with Crippen molar-refractivity contribution in [3.05, 3.63) is 70.7 Å². The summed E-state index contributed by atoms with van der Waals surface area (Å²) in [5, 5.41) is 6.01. The predicted molar refractivity (Wildman–Crippen MR) is 107 cm³/mol. The number of carbonyl (C=O) groups is 3. The van der Waals surface area contributed by atoms with Gasteiger partial charge < -0.3 is 15.4 Å². The Morgan fingerprint density at radius 3 is 2.36 bits per heavy atom. The van der Waals surface area contributed by atoms with E-state index in [4.69, 9.17) is 16.3 Å². The summed E-state index contributed by atoms with van der Waals surface area (Å²) in [6.07, 6.45) is 0.986. The first-order valence-corrected chi connectivity index (χ1v) is 9.32. The Hall–Kier alpha value is -2.86. The van der Waals surface area contributed by atoms with Gasteiger partial charge in [0.25, 0.3) is 5.91 Å². The Morgan fingerprint density at radius 1 is 1.04 bits per heavy atom. The SMILES string of the molecule is COC(=O)[C@H](Cc1ccccc1)NC(=O)CCCNC(=O)c1ccc(Cl)cc1. The van der Waals surface area contributed by atoms with Gasteiger partial charge in [0.1, 0.15) is 6.04 Å². The molecule has 2 aromatic carbocycles. The number of methoxy groups -OCH3 is 1. The van der Waals surface area contributed by atoms with Crippen molar-refractivity contribution in [3.63, 3.8) is 0 Å². The molecule has 2 rings (SSSR count). The van der Waals surface area contributed by atoms with Gasteiger partial charge in [-0.05, 0) is 36.2 Å². The van der Waals surface area contributed by atoms with Gasteiger partial charge in [0.05, 0.1) is 7.11 Å². The Morgan fingerprint density at radius 2 is 1.71 bits per heavy atom. The van der Waals surface area contributed by atoms with Crippen LogP contribution >= 0.6 is 11.6 Å². The number of hydrogen-bond donors (Lipinski definition) is 2. The summed E-state index contributed by atoms with van der Waals surface area (Å²) in [4.78, 5) is 36.1. The summed E-state index contributed by atoms with van der Waals surface area (Å²) in [5.41, 5.74) is 1.43. The predicted octanol–water partition coefficient (Wildman–Crippen LogP) is 2.75. The minimum absolute atomic E-state index is 0.184. The zero-order chi connectivity index (χ0) is 20.4. The first kappa shape index (κ1) is 21.4. The molecule has 0 spiro atoms. The molecule has 0 aliphatic carbocycles. The van der Waals surface area contributed by atoms with Crippen molar-refractivity contribution < 1.29 is 19.1 Å². The van der Waals surface area contributed by atoms with Gasteiger partial charge in [-0.15, -0.1) is 0 Å². The van der Waals surface area contributed by atoms with Gasteiger partial charge in [-0.3, -0.25) is 9.59 Å². The Kier molecular flexibility index (Phi) is 8.49. The van der Waals surface area contributed by atoms with Crippen LogP contribution in [0.4, 0.5) is 0 Å². The number of halogens is 1. The maximum Gasteiger partial charge on any atom is 0.328 e. The molecule has 0 unspecified atom stereocenters. The molecule has 7 heteroatoms. The molecular formula is C21H23ClN2O4. The van der Waals surface area contributed by atoms with Gasteiger partial charge in [0.2, 0.25) is 5.91 Å². The molecule has 0 heterocycles. The van der Waals surface area contributed by atoms with Crippen LogP contribution in [0.15, 0.2) is 54.6 Å². The molecule has 0 aliphatic rings. The van der Waals surface area contributed by atoms with Crippen molar-refractivity contribution in [1.29, 1.82) is 0 Å². The molecule has 0 aliphatic heterocycles. The third kappa shape index (κ3) is 7.04. The van der Waals surface area contributed by atoms with Crippen molar-refractivity contribution >= 4 is 29.4 Å². The first-order chi connectivity index (χ1) is 13.5. The van der Waals surface area contributed by atoms with Crippen LogP contribution in [0.1, 0.15) is 28.8 Å². The van der Waals surface area contributed by atoms with Gasteiger partial charge in [0, 0.05) is 30.0 Å². The highest BCUT2D eigenvalue weighted by atomic mass is 35.5. The number of benzene rings is 2. The van der Waals surface area contributed by atoms with Crippen molar-refractivity contribution in [1.82, 2.24) is 10.6 Å². The quantitative estimate of drug-likeness (QED) is 0.499. The van der Waals surface area contributed by atoms with Crippen LogP contribution in [0.5, 0.6) is 0 Å². The second kappa shape index (κ2) is 11.1. The van der Waals surface area contributed by atoms with E-state index in [1.807, 2.05) is 30.3 Å². The molecule has 28 heavy (non-hydrogen) atoms. The summed E-state index contributed by atoms with van der Waals surface area (Å²) in [6, 6.07) is 15.2. The highest BCUT2D eigenvalue weighted by Gasteiger charge is 2.21. The lowest BCUT2D eigenvalue weighted by molar-refractivity contribution is -0.145. The fourth-order valence-corrected chi connectivity index (χ4v) is 2.73. The van der Waals surface area contributed by atoms with E-state index in [1.54, 1.807) is 24.3 Å². The molecular weight excluding hydrogens is 380 g/mol. The van der Waals surface area contributed by atoms with Crippen LogP contribution in [0.25, 0.3) is 0 Å². The van der Waals surface area contributed by atoms with Crippen molar-refractivity contribution in [2.75, 3.05) is 13.7 Å². The number of ether oxygens (including phenoxy) is 1. The lowest BCUT2D eigenvalue weighted by atomic mass is 10.1. The molecule has 0 radical (unpaired) electrons. The zero-order valence-corrected chi connectivity index (χ0v) is 16.4. The Balaban J connectivity index is 1.76. The van der Waals surface area contributed by atoms with E-state index >= 15 is 0 Å². The van der Waals surface area contributed by atoms with E-state index in [1.165, 1.54) is 7.11 Å². The smallest absolute Gasteiger partial charge is 0.328 e.